The van der Waals surface area contributed by atoms with Crippen LogP contribution in [0.3, 0.4) is 0 Å². The van der Waals surface area contributed by atoms with Crippen molar-refractivity contribution in [3.8, 4) is 0 Å². The zero-order valence-corrected chi connectivity index (χ0v) is 8.48. The molecule has 0 unspecified atom stereocenters. The van der Waals surface area contributed by atoms with E-state index in [9.17, 15) is 0 Å². The number of piperidine rings is 1. The van der Waals surface area contributed by atoms with Gasteiger partial charge in [0.1, 0.15) is 0 Å². The van der Waals surface area contributed by atoms with E-state index < -0.39 is 0 Å². The van der Waals surface area contributed by atoms with Gasteiger partial charge in [-0.1, -0.05) is 0 Å². The van der Waals surface area contributed by atoms with Crippen LogP contribution in [-0.4, -0.2) is 41.4 Å². The fourth-order valence-electron chi connectivity index (χ4n) is 2.01. The third kappa shape index (κ3) is 1.91. The molecule has 0 radical (unpaired) electrons. The molecule has 3 heteroatoms. The third-order valence-corrected chi connectivity index (χ3v) is 3.03. The Kier molecular flexibility index (Phi) is 2.12. The van der Waals surface area contributed by atoms with Crippen molar-refractivity contribution < 1.29 is 4.48 Å². The first-order valence-corrected chi connectivity index (χ1v) is 4.98. The van der Waals surface area contributed by atoms with E-state index in [-0.39, 0.29) is 0 Å². The minimum Gasteiger partial charge on any atom is -0.328 e. The standard InChI is InChI=1S/C10H18N3/c1-13(2)8-4-10(5-9-13)12-7-3-6-11-12/h3,6-7,10H,4-5,8-9H2,1-2H3/q+1. The highest BCUT2D eigenvalue weighted by molar-refractivity contribution is 4.82. The van der Waals surface area contributed by atoms with Gasteiger partial charge in [0.05, 0.1) is 33.2 Å². The lowest BCUT2D eigenvalue weighted by Crippen LogP contribution is -2.46. The molecule has 0 spiro atoms. The molecule has 72 valence electrons. The van der Waals surface area contributed by atoms with Crippen LogP contribution >= 0.6 is 0 Å². The highest BCUT2D eigenvalue weighted by Crippen LogP contribution is 2.23. The SMILES string of the molecule is C[N+]1(C)CCC(n2cccn2)CC1. The maximum Gasteiger partial charge on any atom is 0.0803 e. The Labute approximate surface area is 79.6 Å². The van der Waals surface area contributed by atoms with Crippen LogP contribution in [0.25, 0.3) is 0 Å². The molecular weight excluding hydrogens is 162 g/mol. The maximum absolute atomic E-state index is 4.30. The molecule has 0 aliphatic carbocycles. The molecule has 0 atom stereocenters. The minimum absolute atomic E-state index is 0.640. The van der Waals surface area contributed by atoms with Crippen molar-refractivity contribution >= 4 is 0 Å². The summed E-state index contributed by atoms with van der Waals surface area (Å²) in [4.78, 5) is 0. The van der Waals surface area contributed by atoms with E-state index in [0.29, 0.717) is 6.04 Å². The van der Waals surface area contributed by atoms with Gasteiger partial charge in [0.15, 0.2) is 0 Å². The summed E-state index contributed by atoms with van der Waals surface area (Å²) in [6, 6.07) is 2.65. The van der Waals surface area contributed by atoms with Gasteiger partial charge in [-0.3, -0.25) is 4.68 Å². The number of hydrogen-bond donors (Lipinski definition) is 0. The summed E-state index contributed by atoms with van der Waals surface area (Å²) in [5, 5.41) is 4.30. The Hall–Kier alpha value is -0.830. The van der Waals surface area contributed by atoms with E-state index in [4.69, 9.17) is 0 Å². The smallest absolute Gasteiger partial charge is 0.0803 e. The number of hydrogen-bond acceptors (Lipinski definition) is 1. The molecule has 0 N–H and O–H groups in total. The van der Waals surface area contributed by atoms with E-state index in [1.54, 1.807) is 0 Å². The second-order valence-electron chi connectivity index (χ2n) is 4.60. The van der Waals surface area contributed by atoms with Crippen molar-refractivity contribution in [3.05, 3.63) is 18.5 Å². The van der Waals surface area contributed by atoms with E-state index >= 15 is 0 Å². The summed E-state index contributed by atoms with van der Waals surface area (Å²) in [6.07, 6.45) is 6.47. The fraction of sp³-hybridized carbons (Fsp3) is 0.700. The normalized spacial score (nSPS) is 23.2. The molecule has 1 saturated heterocycles. The lowest BCUT2D eigenvalue weighted by atomic mass is 10.0. The molecule has 1 aromatic heterocycles. The largest absolute Gasteiger partial charge is 0.328 e. The first-order chi connectivity index (χ1) is 6.17. The molecule has 0 bridgehead atoms. The lowest BCUT2D eigenvalue weighted by Gasteiger charge is -2.37. The summed E-state index contributed by atoms with van der Waals surface area (Å²) in [7, 11) is 4.61. The third-order valence-electron chi connectivity index (χ3n) is 3.03. The first kappa shape index (κ1) is 8.75. The number of nitrogens with zero attached hydrogens (tertiary/aromatic N) is 3. The Morgan fingerprint density at radius 3 is 2.54 bits per heavy atom. The highest BCUT2D eigenvalue weighted by Gasteiger charge is 2.26. The Morgan fingerprint density at radius 1 is 1.31 bits per heavy atom. The molecule has 2 heterocycles. The lowest BCUT2D eigenvalue weighted by molar-refractivity contribution is -0.895. The van der Waals surface area contributed by atoms with Gasteiger partial charge in [-0.25, -0.2) is 0 Å². The Balaban J connectivity index is 1.99. The number of likely N-dealkylation sites (tertiary alicyclic amines) is 1. The Morgan fingerprint density at radius 2 is 2.00 bits per heavy atom. The summed E-state index contributed by atoms with van der Waals surface area (Å²) in [6.45, 7) is 2.54. The van der Waals surface area contributed by atoms with Crippen LogP contribution in [0, 0.1) is 0 Å². The second kappa shape index (κ2) is 3.14. The first-order valence-electron chi connectivity index (χ1n) is 4.98. The van der Waals surface area contributed by atoms with Gasteiger partial charge in [0.2, 0.25) is 0 Å². The van der Waals surface area contributed by atoms with Crippen LogP contribution in [0.15, 0.2) is 18.5 Å². The van der Waals surface area contributed by atoms with Gasteiger partial charge in [0, 0.05) is 25.2 Å². The predicted octanol–water partition coefficient (Wildman–Crippen LogP) is 1.29. The molecular formula is C10H18N3+. The quantitative estimate of drug-likeness (QED) is 0.596. The zero-order chi connectivity index (χ0) is 9.31. The van der Waals surface area contributed by atoms with Crippen molar-refractivity contribution in [1.29, 1.82) is 0 Å². The molecule has 3 nitrogen and oxygen atoms in total. The second-order valence-corrected chi connectivity index (χ2v) is 4.60. The average Bonchev–Trinajstić information content (AvgIpc) is 2.56. The van der Waals surface area contributed by atoms with Crippen molar-refractivity contribution in [1.82, 2.24) is 9.78 Å². The minimum atomic E-state index is 0.640. The number of aromatic nitrogens is 2. The van der Waals surface area contributed by atoms with Crippen molar-refractivity contribution in [2.75, 3.05) is 27.2 Å². The van der Waals surface area contributed by atoms with Crippen LogP contribution in [0.5, 0.6) is 0 Å². The molecule has 1 aliphatic rings. The van der Waals surface area contributed by atoms with Crippen molar-refractivity contribution in [2.24, 2.45) is 0 Å². The summed E-state index contributed by atoms with van der Waals surface area (Å²) < 4.78 is 3.27. The maximum atomic E-state index is 4.30. The van der Waals surface area contributed by atoms with Crippen LogP contribution in [-0.2, 0) is 0 Å². The number of quaternary nitrogens is 1. The fourth-order valence-corrected chi connectivity index (χ4v) is 2.01. The van der Waals surface area contributed by atoms with E-state index in [0.717, 1.165) is 4.48 Å². The van der Waals surface area contributed by atoms with E-state index in [2.05, 4.69) is 30.1 Å². The molecule has 13 heavy (non-hydrogen) atoms. The van der Waals surface area contributed by atoms with Gasteiger partial charge >= 0.3 is 0 Å². The zero-order valence-electron chi connectivity index (χ0n) is 8.48. The van der Waals surface area contributed by atoms with Crippen LogP contribution in [0.2, 0.25) is 0 Å². The molecule has 2 rings (SSSR count). The van der Waals surface area contributed by atoms with E-state index in [1.807, 2.05) is 12.3 Å². The molecule has 0 amide bonds. The topological polar surface area (TPSA) is 17.8 Å². The molecule has 1 aromatic rings. The number of rotatable bonds is 1. The van der Waals surface area contributed by atoms with E-state index in [1.165, 1.54) is 25.9 Å². The van der Waals surface area contributed by atoms with Crippen LogP contribution in [0.4, 0.5) is 0 Å². The monoisotopic (exact) mass is 180 g/mol. The summed E-state index contributed by atoms with van der Waals surface area (Å²) in [5.41, 5.74) is 0. The van der Waals surface area contributed by atoms with Crippen LogP contribution in [0.1, 0.15) is 18.9 Å². The predicted molar refractivity (Wildman–Crippen MR) is 52.3 cm³/mol. The summed E-state index contributed by atoms with van der Waals surface area (Å²) in [5.74, 6) is 0. The van der Waals surface area contributed by atoms with Gasteiger partial charge in [-0.15, -0.1) is 0 Å². The van der Waals surface area contributed by atoms with Gasteiger partial charge in [0.25, 0.3) is 0 Å². The van der Waals surface area contributed by atoms with Gasteiger partial charge in [-0.2, -0.15) is 5.10 Å². The summed E-state index contributed by atoms with van der Waals surface area (Å²) >= 11 is 0. The van der Waals surface area contributed by atoms with Crippen LogP contribution < -0.4 is 0 Å². The van der Waals surface area contributed by atoms with Gasteiger partial charge in [-0.05, 0) is 6.07 Å². The molecule has 0 saturated carbocycles. The van der Waals surface area contributed by atoms with Crippen molar-refractivity contribution in [3.63, 3.8) is 0 Å². The Bertz CT molecular complexity index is 254. The molecule has 0 aromatic carbocycles. The molecule has 1 aliphatic heterocycles. The van der Waals surface area contributed by atoms with Crippen molar-refractivity contribution in [2.45, 2.75) is 18.9 Å². The average molecular weight is 180 g/mol. The molecule has 1 fully saturated rings. The van der Waals surface area contributed by atoms with Gasteiger partial charge < -0.3 is 4.48 Å². The highest BCUT2D eigenvalue weighted by atomic mass is 15.3.